The van der Waals surface area contributed by atoms with Crippen LogP contribution in [0.4, 0.5) is 5.69 Å². The Balaban J connectivity index is 1.41. The number of esters is 1. The number of methoxy groups -OCH3 is 1. The van der Waals surface area contributed by atoms with Gasteiger partial charge >= 0.3 is 5.97 Å². The number of rotatable bonds is 6. The van der Waals surface area contributed by atoms with Crippen molar-refractivity contribution >= 4 is 35.2 Å². The van der Waals surface area contributed by atoms with E-state index < -0.39 is 18.0 Å². The number of hydrogen-bond acceptors (Lipinski definition) is 6. The topological polar surface area (TPSA) is 98.8 Å². The van der Waals surface area contributed by atoms with Gasteiger partial charge in [0, 0.05) is 34.0 Å². The number of benzene rings is 3. The largest absolute Gasteiger partial charge is 0.497 e. The van der Waals surface area contributed by atoms with Crippen molar-refractivity contribution in [2.75, 3.05) is 12.4 Å². The number of ether oxygens (including phenoxy) is 2. The zero-order valence-electron chi connectivity index (χ0n) is 18.5. The van der Waals surface area contributed by atoms with Crippen molar-refractivity contribution < 1.29 is 28.7 Å². The first-order chi connectivity index (χ1) is 16.4. The molecule has 1 atom stereocenters. The molecule has 34 heavy (non-hydrogen) atoms. The van der Waals surface area contributed by atoms with Gasteiger partial charge in [-0.05, 0) is 48.9 Å². The van der Waals surface area contributed by atoms with E-state index in [1.54, 1.807) is 61.7 Å². The average molecular weight is 455 g/mol. The monoisotopic (exact) mass is 455 g/mol. The normalized spacial score (nSPS) is 13.1. The first-order valence-corrected chi connectivity index (χ1v) is 10.5. The maximum absolute atomic E-state index is 12.9. The molecular weight excluding hydrogens is 434 g/mol. The quantitative estimate of drug-likeness (QED) is 0.348. The van der Waals surface area contributed by atoms with Gasteiger partial charge in [-0.25, -0.2) is 4.79 Å². The minimum atomic E-state index is -1.09. The zero-order chi connectivity index (χ0) is 24.2. The number of fused-ring (bicyclic) bond motifs is 2. The lowest BCUT2D eigenvalue weighted by Gasteiger charge is -2.18. The standard InChI is InChI=1S/C27H21NO6/c1-16(34-24(29)13-10-17-6-5-7-19(14-17)33-2)27(32)28-18-11-12-22-23(15-18)26(31)21-9-4-3-8-20(21)25(22)30/h3-16H,1-2H3,(H,28,32)/b13-10+. The number of hydrogen-bond donors (Lipinski definition) is 1. The number of anilines is 1. The molecule has 0 heterocycles. The highest BCUT2D eigenvalue weighted by atomic mass is 16.5. The summed E-state index contributed by atoms with van der Waals surface area (Å²) in [5, 5.41) is 2.63. The maximum Gasteiger partial charge on any atom is 0.331 e. The van der Waals surface area contributed by atoms with E-state index >= 15 is 0 Å². The van der Waals surface area contributed by atoms with Gasteiger partial charge in [-0.1, -0.05) is 36.4 Å². The predicted octanol–water partition coefficient (Wildman–Crippen LogP) is 4.05. The van der Waals surface area contributed by atoms with Gasteiger partial charge < -0.3 is 14.8 Å². The SMILES string of the molecule is COc1cccc(/C=C/C(=O)OC(C)C(=O)Nc2ccc3c(c2)C(=O)c2ccccc2C3=O)c1. The lowest BCUT2D eigenvalue weighted by Crippen LogP contribution is -2.29. The Kier molecular flexibility index (Phi) is 6.36. The summed E-state index contributed by atoms with van der Waals surface area (Å²) in [6.07, 6.45) is 1.69. The van der Waals surface area contributed by atoms with Crippen LogP contribution in [0, 0.1) is 0 Å². The second-order valence-electron chi connectivity index (χ2n) is 7.64. The van der Waals surface area contributed by atoms with Gasteiger partial charge in [0.25, 0.3) is 5.91 Å². The highest BCUT2D eigenvalue weighted by Gasteiger charge is 2.29. The fraction of sp³-hybridized carbons (Fsp3) is 0.111. The van der Waals surface area contributed by atoms with E-state index in [4.69, 9.17) is 9.47 Å². The molecule has 0 bridgehead atoms. The average Bonchev–Trinajstić information content (AvgIpc) is 2.86. The summed E-state index contributed by atoms with van der Waals surface area (Å²) < 4.78 is 10.3. The molecule has 0 aliphatic heterocycles. The van der Waals surface area contributed by atoms with Crippen LogP contribution in [0.25, 0.3) is 6.08 Å². The predicted molar refractivity (Wildman–Crippen MR) is 126 cm³/mol. The number of nitrogens with one attached hydrogen (secondary N) is 1. The van der Waals surface area contributed by atoms with Gasteiger partial charge in [-0.2, -0.15) is 0 Å². The van der Waals surface area contributed by atoms with Crippen molar-refractivity contribution in [3.63, 3.8) is 0 Å². The lowest BCUT2D eigenvalue weighted by atomic mass is 9.84. The van der Waals surface area contributed by atoms with Gasteiger partial charge in [0.15, 0.2) is 17.7 Å². The summed E-state index contributed by atoms with van der Waals surface area (Å²) in [6.45, 7) is 1.44. The zero-order valence-corrected chi connectivity index (χ0v) is 18.5. The minimum absolute atomic E-state index is 0.215. The van der Waals surface area contributed by atoms with Crippen LogP contribution in [0.5, 0.6) is 5.75 Å². The van der Waals surface area contributed by atoms with E-state index in [0.29, 0.717) is 22.6 Å². The van der Waals surface area contributed by atoms with E-state index in [9.17, 15) is 19.2 Å². The van der Waals surface area contributed by atoms with Crippen molar-refractivity contribution in [3.05, 3.63) is 101 Å². The van der Waals surface area contributed by atoms with Crippen LogP contribution in [0.2, 0.25) is 0 Å². The lowest BCUT2D eigenvalue weighted by molar-refractivity contribution is -0.148. The van der Waals surface area contributed by atoms with Crippen LogP contribution >= 0.6 is 0 Å². The maximum atomic E-state index is 12.9. The molecule has 0 fully saturated rings. The third kappa shape index (κ3) is 4.63. The Bertz CT molecular complexity index is 1340. The van der Waals surface area contributed by atoms with Gasteiger partial charge in [-0.3, -0.25) is 14.4 Å². The van der Waals surface area contributed by atoms with Crippen LogP contribution in [0.15, 0.2) is 72.8 Å². The van der Waals surface area contributed by atoms with Crippen LogP contribution in [-0.4, -0.2) is 36.7 Å². The summed E-state index contributed by atoms with van der Waals surface area (Å²) in [6, 6.07) is 18.2. The Labute approximate surface area is 196 Å². The molecule has 4 rings (SSSR count). The van der Waals surface area contributed by atoms with Crippen molar-refractivity contribution in [1.82, 2.24) is 0 Å². The van der Waals surface area contributed by atoms with Gasteiger partial charge in [0.05, 0.1) is 7.11 Å². The first-order valence-electron chi connectivity index (χ1n) is 10.5. The molecule has 7 nitrogen and oxygen atoms in total. The Morgan fingerprint density at radius 1 is 0.853 bits per heavy atom. The molecule has 3 aromatic rings. The van der Waals surface area contributed by atoms with E-state index in [1.807, 2.05) is 0 Å². The summed E-state index contributed by atoms with van der Waals surface area (Å²) in [5.74, 6) is -1.14. The van der Waals surface area contributed by atoms with Crippen LogP contribution < -0.4 is 10.1 Å². The molecule has 170 valence electrons. The molecule has 1 N–H and O–H groups in total. The number of carbonyl (C=O) groups is 4. The van der Waals surface area contributed by atoms with Gasteiger partial charge in [0.2, 0.25) is 0 Å². The fourth-order valence-corrected chi connectivity index (χ4v) is 3.60. The fourth-order valence-electron chi connectivity index (χ4n) is 3.60. The van der Waals surface area contributed by atoms with Crippen LogP contribution in [0.3, 0.4) is 0 Å². The Morgan fingerprint density at radius 3 is 2.24 bits per heavy atom. The Hall–Kier alpha value is -4.52. The van der Waals surface area contributed by atoms with Crippen molar-refractivity contribution in [2.24, 2.45) is 0 Å². The van der Waals surface area contributed by atoms with E-state index in [1.165, 1.54) is 31.2 Å². The summed E-state index contributed by atoms with van der Waals surface area (Å²) >= 11 is 0. The number of amides is 1. The number of ketones is 2. The molecule has 1 amide bonds. The van der Waals surface area contributed by atoms with E-state index in [0.717, 1.165) is 5.56 Å². The van der Waals surface area contributed by atoms with Gasteiger partial charge in [-0.15, -0.1) is 0 Å². The third-order valence-electron chi connectivity index (χ3n) is 5.36. The summed E-state index contributed by atoms with van der Waals surface area (Å²) in [4.78, 5) is 50.2. The first kappa shape index (κ1) is 22.7. The Morgan fingerprint density at radius 2 is 1.53 bits per heavy atom. The molecule has 0 saturated carbocycles. The molecule has 1 unspecified atom stereocenters. The molecule has 0 aromatic heterocycles. The minimum Gasteiger partial charge on any atom is -0.497 e. The molecule has 1 aliphatic rings. The van der Waals surface area contributed by atoms with Gasteiger partial charge in [0.1, 0.15) is 5.75 Å². The molecule has 3 aromatic carbocycles. The van der Waals surface area contributed by atoms with E-state index in [-0.39, 0.29) is 22.7 Å². The molecule has 1 aliphatic carbocycles. The second-order valence-corrected chi connectivity index (χ2v) is 7.64. The molecule has 0 spiro atoms. The smallest absolute Gasteiger partial charge is 0.331 e. The third-order valence-corrected chi connectivity index (χ3v) is 5.36. The molecule has 7 heteroatoms. The van der Waals surface area contributed by atoms with Crippen molar-refractivity contribution in [2.45, 2.75) is 13.0 Å². The van der Waals surface area contributed by atoms with Crippen LogP contribution in [-0.2, 0) is 14.3 Å². The second kappa shape index (κ2) is 9.54. The van der Waals surface area contributed by atoms with Crippen molar-refractivity contribution in [3.8, 4) is 5.75 Å². The van der Waals surface area contributed by atoms with Crippen LogP contribution in [0.1, 0.15) is 44.3 Å². The summed E-state index contributed by atoms with van der Waals surface area (Å²) in [5.41, 5.74) is 2.24. The molecule has 0 saturated heterocycles. The molecular formula is C27H21NO6. The number of carbonyl (C=O) groups excluding carboxylic acids is 4. The molecule has 0 radical (unpaired) electrons. The highest BCUT2D eigenvalue weighted by molar-refractivity contribution is 6.28. The highest BCUT2D eigenvalue weighted by Crippen LogP contribution is 2.29. The summed E-state index contributed by atoms with van der Waals surface area (Å²) in [7, 11) is 1.55. The van der Waals surface area contributed by atoms with E-state index in [2.05, 4.69) is 5.32 Å². The van der Waals surface area contributed by atoms with Crippen molar-refractivity contribution in [1.29, 1.82) is 0 Å².